The summed E-state index contributed by atoms with van der Waals surface area (Å²) in [5, 5.41) is 3.50. The van der Waals surface area contributed by atoms with Gasteiger partial charge in [-0.25, -0.2) is 0 Å². The molecular formula is C24H28N2O3S. The van der Waals surface area contributed by atoms with Gasteiger partial charge < -0.3 is 14.8 Å². The smallest absolute Gasteiger partial charge is 0.276 e. The minimum Gasteiger partial charge on any atom is -0.496 e. The lowest BCUT2D eigenvalue weighted by atomic mass is 10.1. The summed E-state index contributed by atoms with van der Waals surface area (Å²) in [4.78, 5) is 14.3. The van der Waals surface area contributed by atoms with Gasteiger partial charge in [0.2, 0.25) is 0 Å². The van der Waals surface area contributed by atoms with Gasteiger partial charge in [0.15, 0.2) is 5.11 Å². The summed E-state index contributed by atoms with van der Waals surface area (Å²) in [5.41, 5.74) is 3.55. The third-order valence-corrected chi connectivity index (χ3v) is 5.36. The number of hydrogen-bond acceptors (Lipinski definition) is 4. The van der Waals surface area contributed by atoms with Gasteiger partial charge in [0.05, 0.1) is 7.11 Å². The predicted octanol–water partition coefficient (Wildman–Crippen LogP) is 4.69. The molecule has 0 radical (unpaired) electrons. The average molecular weight is 425 g/mol. The Balaban J connectivity index is 1.76. The highest BCUT2D eigenvalue weighted by atomic mass is 32.1. The Morgan fingerprint density at radius 3 is 2.57 bits per heavy atom. The van der Waals surface area contributed by atoms with Gasteiger partial charge in [-0.05, 0) is 66.5 Å². The molecule has 1 saturated heterocycles. The van der Waals surface area contributed by atoms with E-state index in [1.807, 2.05) is 36.4 Å². The quantitative estimate of drug-likeness (QED) is 0.467. The monoisotopic (exact) mass is 424 g/mol. The van der Waals surface area contributed by atoms with E-state index in [1.54, 1.807) is 12.0 Å². The molecule has 0 unspecified atom stereocenters. The molecule has 1 N–H and O–H groups in total. The van der Waals surface area contributed by atoms with Crippen molar-refractivity contribution in [3.8, 4) is 11.5 Å². The molecule has 30 heavy (non-hydrogen) atoms. The van der Waals surface area contributed by atoms with E-state index in [0.717, 1.165) is 41.9 Å². The first-order valence-electron chi connectivity index (χ1n) is 10.3. The lowest BCUT2D eigenvalue weighted by Crippen LogP contribution is -2.31. The highest BCUT2D eigenvalue weighted by Gasteiger charge is 2.29. The highest BCUT2D eigenvalue weighted by Crippen LogP contribution is 2.24. The van der Waals surface area contributed by atoms with Crippen LogP contribution in [0, 0.1) is 0 Å². The number of unbranched alkanes of at least 4 members (excludes halogenated alkanes) is 1. The van der Waals surface area contributed by atoms with Crippen LogP contribution in [0.4, 0.5) is 0 Å². The predicted molar refractivity (Wildman–Crippen MR) is 123 cm³/mol. The molecule has 3 rings (SSSR count). The summed E-state index contributed by atoms with van der Waals surface area (Å²) < 4.78 is 11.4. The molecule has 158 valence electrons. The SMILES string of the molecule is CCCCN1C(=O)/C(=C\c2ccc(OC)c(COc3ccc(CC)cc3)c2)NC1=S. The molecule has 1 aliphatic heterocycles. The van der Waals surface area contributed by atoms with Crippen molar-refractivity contribution in [3.05, 3.63) is 64.9 Å². The fourth-order valence-corrected chi connectivity index (χ4v) is 3.53. The van der Waals surface area contributed by atoms with E-state index in [0.29, 0.717) is 24.0 Å². The molecule has 0 atom stereocenters. The highest BCUT2D eigenvalue weighted by molar-refractivity contribution is 7.80. The van der Waals surface area contributed by atoms with Crippen molar-refractivity contribution in [1.29, 1.82) is 0 Å². The van der Waals surface area contributed by atoms with Crippen LogP contribution in [-0.4, -0.2) is 29.6 Å². The summed E-state index contributed by atoms with van der Waals surface area (Å²) in [6.07, 6.45) is 4.75. The van der Waals surface area contributed by atoms with Crippen molar-refractivity contribution in [1.82, 2.24) is 10.2 Å². The molecule has 1 aliphatic rings. The summed E-state index contributed by atoms with van der Waals surface area (Å²) in [6.45, 7) is 5.22. The molecular weight excluding hydrogens is 396 g/mol. The first-order valence-corrected chi connectivity index (χ1v) is 10.7. The molecule has 0 aliphatic carbocycles. The van der Waals surface area contributed by atoms with E-state index >= 15 is 0 Å². The summed E-state index contributed by atoms with van der Waals surface area (Å²) in [6, 6.07) is 13.9. The number of amides is 1. The molecule has 0 spiro atoms. The Bertz CT molecular complexity index is 938. The van der Waals surface area contributed by atoms with Gasteiger partial charge in [-0.1, -0.05) is 38.5 Å². The Morgan fingerprint density at radius 1 is 1.13 bits per heavy atom. The minimum atomic E-state index is -0.0851. The number of nitrogens with one attached hydrogen (secondary N) is 1. The molecule has 0 aromatic heterocycles. The van der Waals surface area contributed by atoms with Crippen LogP contribution in [0.25, 0.3) is 6.08 Å². The molecule has 6 heteroatoms. The van der Waals surface area contributed by atoms with Gasteiger partial charge in [0.25, 0.3) is 5.91 Å². The van der Waals surface area contributed by atoms with Crippen LogP contribution in [-0.2, 0) is 17.8 Å². The van der Waals surface area contributed by atoms with Gasteiger partial charge in [-0.15, -0.1) is 0 Å². The van der Waals surface area contributed by atoms with Crippen LogP contribution < -0.4 is 14.8 Å². The van der Waals surface area contributed by atoms with Gasteiger partial charge in [-0.2, -0.15) is 0 Å². The van der Waals surface area contributed by atoms with Gasteiger partial charge >= 0.3 is 0 Å². The lowest BCUT2D eigenvalue weighted by molar-refractivity contribution is -0.122. The van der Waals surface area contributed by atoms with E-state index in [-0.39, 0.29) is 5.91 Å². The maximum absolute atomic E-state index is 12.7. The van der Waals surface area contributed by atoms with Crippen LogP contribution in [0.3, 0.4) is 0 Å². The van der Waals surface area contributed by atoms with E-state index in [2.05, 4.69) is 31.3 Å². The Kier molecular flexibility index (Phi) is 7.46. The van der Waals surface area contributed by atoms with Crippen LogP contribution in [0.2, 0.25) is 0 Å². The Labute approximate surface area is 183 Å². The molecule has 0 bridgehead atoms. The van der Waals surface area contributed by atoms with Crippen molar-refractivity contribution in [2.45, 2.75) is 39.7 Å². The summed E-state index contributed by atoms with van der Waals surface area (Å²) in [7, 11) is 1.64. The number of thiocarbonyl (C=S) groups is 1. The molecule has 1 amide bonds. The van der Waals surface area contributed by atoms with Crippen molar-refractivity contribution in [2.24, 2.45) is 0 Å². The number of aryl methyl sites for hydroxylation is 1. The van der Waals surface area contributed by atoms with Crippen molar-refractivity contribution >= 4 is 29.3 Å². The fraction of sp³-hybridized carbons (Fsp3) is 0.333. The first-order chi connectivity index (χ1) is 14.5. The van der Waals surface area contributed by atoms with Crippen LogP contribution >= 0.6 is 12.2 Å². The number of benzene rings is 2. The number of methoxy groups -OCH3 is 1. The molecule has 5 nitrogen and oxygen atoms in total. The Morgan fingerprint density at radius 2 is 1.90 bits per heavy atom. The van der Waals surface area contributed by atoms with Crippen LogP contribution in [0.15, 0.2) is 48.2 Å². The minimum absolute atomic E-state index is 0.0851. The second-order valence-electron chi connectivity index (χ2n) is 7.16. The average Bonchev–Trinajstić information content (AvgIpc) is 3.03. The largest absolute Gasteiger partial charge is 0.496 e. The molecule has 0 saturated carbocycles. The number of hydrogen-bond donors (Lipinski definition) is 1. The van der Waals surface area contributed by atoms with Gasteiger partial charge in [0, 0.05) is 12.1 Å². The number of carbonyl (C=O) groups excluding carboxylic acids is 1. The first kappa shape index (κ1) is 21.8. The maximum atomic E-state index is 12.7. The van der Waals surface area contributed by atoms with Crippen LogP contribution in [0.5, 0.6) is 11.5 Å². The van der Waals surface area contributed by atoms with Gasteiger partial charge in [-0.3, -0.25) is 9.69 Å². The van der Waals surface area contributed by atoms with E-state index < -0.39 is 0 Å². The summed E-state index contributed by atoms with van der Waals surface area (Å²) >= 11 is 5.32. The topological polar surface area (TPSA) is 50.8 Å². The molecule has 1 fully saturated rings. The zero-order chi connectivity index (χ0) is 21.5. The van der Waals surface area contributed by atoms with Crippen molar-refractivity contribution < 1.29 is 14.3 Å². The normalized spacial score (nSPS) is 14.9. The maximum Gasteiger partial charge on any atom is 0.276 e. The molecule has 2 aromatic carbocycles. The zero-order valence-electron chi connectivity index (χ0n) is 17.7. The zero-order valence-corrected chi connectivity index (χ0v) is 18.6. The molecule has 2 aromatic rings. The number of carbonyl (C=O) groups is 1. The number of rotatable bonds is 9. The van der Waals surface area contributed by atoms with Crippen molar-refractivity contribution in [3.63, 3.8) is 0 Å². The van der Waals surface area contributed by atoms with Crippen molar-refractivity contribution in [2.75, 3.05) is 13.7 Å². The van der Waals surface area contributed by atoms with E-state index in [1.165, 1.54) is 5.56 Å². The lowest BCUT2D eigenvalue weighted by Gasteiger charge is -2.12. The standard InChI is InChI=1S/C24H28N2O3S/c1-4-6-13-26-23(27)21(25-24(26)30)15-18-9-12-22(28-3)19(14-18)16-29-20-10-7-17(5-2)8-11-20/h7-12,14-15H,4-6,13,16H2,1-3H3,(H,25,30)/b21-15+. The third kappa shape index (κ3) is 5.19. The number of ether oxygens (including phenoxy) is 2. The second kappa shape index (κ2) is 10.3. The molecule has 1 heterocycles. The summed E-state index contributed by atoms with van der Waals surface area (Å²) in [5.74, 6) is 1.47. The number of nitrogens with zero attached hydrogens (tertiary/aromatic N) is 1. The Hall–Kier alpha value is -2.86. The van der Waals surface area contributed by atoms with Crippen LogP contribution in [0.1, 0.15) is 43.4 Å². The van der Waals surface area contributed by atoms with E-state index in [4.69, 9.17) is 21.7 Å². The third-order valence-electron chi connectivity index (χ3n) is 5.04. The van der Waals surface area contributed by atoms with E-state index in [9.17, 15) is 4.79 Å². The fourth-order valence-electron chi connectivity index (χ4n) is 3.24. The second-order valence-corrected chi connectivity index (χ2v) is 7.54. The van der Waals surface area contributed by atoms with Gasteiger partial charge in [0.1, 0.15) is 23.8 Å².